The summed E-state index contributed by atoms with van der Waals surface area (Å²) >= 11 is 0. The van der Waals surface area contributed by atoms with E-state index in [9.17, 15) is 0 Å². The van der Waals surface area contributed by atoms with E-state index in [0.29, 0.717) is 12.5 Å². The van der Waals surface area contributed by atoms with E-state index < -0.39 is 0 Å². The summed E-state index contributed by atoms with van der Waals surface area (Å²) in [5.41, 5.74) is 2.20. The van der Waals surface area contributed by atoms with Gasteiger partial charge in [0, 0.05) is 44.4 Å². The maximum atomic E-state index is 4.54. The van der Waals surface area contributed by atoms with Gasteiger partial charge >= 0.3 is 0 Å². The predicted octanol–water partition coefficient (Wildman–Crippen LogP) is 2.30. The summed E-state index contributed by atoms with van der Waals surface area (Å²) in [7, 11) is 3.79. The average Bonchev–Trinajstić information content (AvgIpc) is 2.74. The molecule has 6 heteroatoms. The van der Waals surface area contributed by atoms with Crippen LogP contribution in [0.2, 0.25) is 0 Å². The summed E-state index contributed by atoms with van der Waals surface area (Å²) in [6.45, 7) is 6.89. The van der Waals surface area contributed by atoms with Crippen molar-refractivity contribution in [2.24, 2.45) is 7.05 Å². The molecule has 0 bridgehead atoms. The number of hydrogen-bond donors (Lipinski definition) is 2. The van der Waals surface area contributed by atoms with Crippen molar-refractivity contribution >= 4 is 11.6 Å². The first-order valence-corrected chi connectivity index (χ1v) is 6.79. The first kappa shape index (κ1) is 14.3. The smallest absolute Gasteiger partial charge is 0.135 e. The second-order valence-electron chi connectivity index (χ2n) is 5.17. The molecule has 0 fully saturated rings. The van der Waals surface area contributed by atoms with Crippen molar-refractivity contribution in [1.82, 2.24) is 19.7 Å². The molecule has 6 nitrogen and oxygen atoms in total. The van der Waals surface area contributed by atoms with Crippen molar-refractivity contribution in [3.05, 3.63) is 29.3 Å². The van der Waals surface area contributed by atoms with Gasteiger partial charge in [0.2, 0.25) is 0 Å². The Labute approximate surface area is 119 Å². The second kappa shape index (κ2) is 5.90. The molecule has 0 aliphatic heterocycles. The Kier molecular flexibility index (Phi) is 4.22. The second-order valence-corrected chi connectivity index (χ2v) is 5.17. The SMILES string of the molecule is CNc1cc(NCc2cn(C)nc2C)nc(C(C)C)n1. The lowest BCUT2D eigenvalue weighted by Crippen LogP contribution is -2.07. The molecule has 2 rings (SSSR count). The van der Waals surface area contributed by atoms with E-state index in [1.165, 1.54) is 5.56 Å². The molecular formula is C14H22N6. The van der Waals surface area contributed by atoms with Gasteiger partial charge in [0.1, 0.15) is 17.5 Å². The number of anilines is 2. The Hall–Kier alpha value is -2.11. The molecule has 2 aromatic heterocycles. The van der Waals surface area contributed by atoms with Crippen LogP contribution < -0.4 is 10.6 Å². The van der Waals surface area contributed by atoms with Gasteiger partial charge in [-0.1, -0.05) is 13.8 Å². The zero-order chi connectivity index (χ0) is 14.7. The van der Waals surface area contributed by atoms with Gasteiger partial charge in [-0.2, -0.15) is 5.10 Å². The molecule has 2 N–H and O–H groups in total. The molecule has 108 valence electrons. The third-order valence-corrected chi connectivity index (χ3v) is 3.09. The molecule has 0 aliphatic carbocycles. The van der Waals surface area contributed by atoms with Crippen molar-refractivity contribution in [3.8, 4) is 0 Å². The first-order valence-electron chi connectivity index (χ1n) is 6.79. The standard InChI is InChI=1S/C14H22N6/c1-9(2)14-17-12(15-4)6-13(18-14)16-7-11-8-20(5)19-10(11)3/h6,8-9H,7H2,1-5H3,(H2,15,16,17,18). The summed E-state index contributed by atoms with van der Waals surface area (Å²) in [4.78, 5) is 8.99. The Bertz CT molecular complexity index is 587. The van der Waals surface area contributed by atoms with Crippen LogP contribution in [0.25, 0.3) is 0 Å². The number of nitrogens with one attached hydrogen (secondary N) is 2. The molecule has 20 heavy (non-hydrogen) atoms. The third-order valence-electron chi connectivity index (χ3n) is 3.09. The fraction of sp³-hybridized carbons (Fsp3) is 0.500. The van der Waals surface area contributed by atoms with Crippen LogP contribution >= 0.6 is 0 Å². The van der Waals surface area contributed by atoms with Gasteiger partial charge in [0.25, 0.3) is 0 Å². The zero-order valence-electron chi connectivity index (χ0n) is 12.7. The van der Waals surface area contributed by atoms with Crippen LogP contribution in [0.1, 0.15) is 36.8 Å². The minimum atomic E-state index is 0.295. The zero-order valence-corrected chi connectivity index (χ0v) is 12.7. The minimum absolute atomic E-state index is 0.295. The largest absolute Gasteiger partial charge is 0.373 e. The van der Waals surface area contributed by atoms with Crippen LogP contribution in [0.3, 0.4) is 0 Å². The fourth-order valence-corrected chi connectivity index (χ4v) is 1.95. The summed E-state index contributed by atoms with van der Waals surface area (Å²) in [5.74, 6) is 2.79. The molecule has 0 aliphatic rings. The van der Waals surface area contributed by atoms with Gasteiger partial charge in [-0.3, -0.25) is 4.68 Å². The molecule has 0 atom stereocenters. The molecule has 2 heterocycles. The molecule has 0 spiro atoms. The van der Waals surface area contributed by atoms with Crippen LogP contribution in [-0.4, -0.2) is 26.8 Å². The summed E-state index contributed by atoms with van der Waals surface area (Å²) in [5, 5.41) is 10.7. The number of nitrogens with zero attached hydrogens (tertiary/aromatic N) is 4. The Morgan fingerprint density at radius 2 is 1.95 bits per heavy atom. The van der Waals surface area contributed by atoms with Gasteiger partial charge in [0.15, 0.2) is 0 Å². The van der Waals surface area contributed by atoms with Crippen LogP contribution in [0.15, 0.2) is 12.3 Å². The van der Waals surface area contributed by atoms with Crippen molar-refractivity contribution in [2.45, 2.75) is 33.2 Å². The lowest BCUT2D eigenvalue weighted by Gasteiger charge is -2.11. The van der Waals surface area contributed by atoms with Gasteiger partial charge < -0.3 is 10.6 Å². The Balaban J connectivity index is 2.16. The molecule has 0 saturated carbocycles. The van der Waals surface area contributed by atoms with Gasteiger partial charge in [-0.15, -0.1) is 0 Å². The quantitative estimate of drug-likeness (QED) is 0.875. The van der Waals surface area contributed by atoms with Crippen molar-refractivity contribution in [3.63, 3.8) is 0 Å². The lowest BCUT2D eigenvalue weighted by molar-refractivity contribution is 0.756. The van der Waals surface area contributed by atoms with Crippen molar-refractivity contribution < 1.29 is 0 Å². The summed E-state index contributed by atoms with van der Waals surface area (Å²) in [6, 6.07) is 1.91. The van der Waals surface area contributed by atoms with Crippen LogP contribution in [0.4, 0.5) is 11.6 Å². The number of aromatic nitrogens is 4. The van der Waals surface area contributed by atoms with E-state index in [4.69, 9.17) is 0 Å². The van der Waals surface area contributed by atoms with Crippen LogP contribution in [-0.2, 0) is 13.6 Å². The fourth-order valence-electron chi connectivity index (χ4n) is 1.95. The Morgan fingerprint density at radius 1 is 1.25 bits per heavy atom. The van der Waals surface area contributed by atoms with E-state index in [2.05, 4.69) is 39.5 Å². The highest BCUT2D eigenvalue weighted by Gasteiger charge is 2.08. The predicted molar refractivity (Wildman–Crippen MR) is 80.9 cm³/mol. The number of rotatable bonds is 5. The maximum absolute atomic E-state index is 4.54. The van der Waals surface area contributed by atoms with E-state index in [0.717, 1.165) is 23.2 Å². The van der Waals surface area contributed by atoms with E-state index in [-0.39, 0.29) is 0 Å². The highest BCUT2D eigenvalue weighted by molar-refractivity contribution is 5.47. The van der Waals surface area contributed by atoms with E-state index in [1.54, 1.807) is 0 Å². The van der Waals surface area contributed by atoms with Crippen molar-refractivity contribution in [2.75, 3.05) is 17.7 Å². The molecule has 0 aromatic carbocycles. The molecular weight excluding hydrogens is 252 g/mol. The summed E-state index contributed by atoms with van der Waals surface area (Å²) in [6.07, 6.45) is 2.02. The molecule has 0 radical (unpaired) electrons. The Morgan fingerprint density at radius 3 is 2.50 bits per heavy atom. The van der Waals surface area contributed by atoms with E-state index in [1.807, 2.05) is 38.0 Å². The van der Waals surface area contributed by atoms with E-state index >= 15 is 0 Å². The highest BCUT2D eigenvalue weighted by atomic mass is 15.3. The molecule has 0 unspecified atom stereocenters. The summed E-state index contributed by atoms with van der Waals surface area (Å²) < 4.78 is 1.82. The maximum Gasteiger partial charge on any atom is 0.135 e. The highest BCUT2D eigenvalue weighted by Crippen LogP contribution is 2.17. The lowest BCUT2D eigenvalue weighted by atomic mass is 10.2. The monoisotopic (exact) mass is 274 g/mol. The van der Waals surface area contributed by atoms with Gasteiger partial charge in [0.05, 0.1) is 5.69 Å². The third kappa shape index (κ3) is 3.26. The molecule has 0 saturated heterocycles. The number of hydrogen-bond acceptors (Lipinski definition) is 5. The first-order chi connectivity index (χ1) is 9.49. The molecule has 0 amide bonds. The van der Waals surface area contributed by atoms with Gasteiger partial charge in [-0.25, -0.2) is 9.97 Å². The van der Waals surface area contributed by atoms with Gasteiger partial charge in [-0.05, 0) is 6.92 Å². The topological polar surface area (TPSA) is 67.7 Å². The van der Waals surface area contributed by atoms with Crippen LogP contribution in [0, 0.1) is 6.92 Å². The molecule has 2 aromatic rings. The minimum Gasteiger partial charge on any atom is -0.373 e. The number of aryl methyl sites for hydroxylation is 2. The van der Waals surface area contributed by atoms with Crippen LogP contribution in [0.5, 0.6) is 0 Å². The average molecular weight is 274 g/mol. The normalized spacial score (nSPS) is 10.9. The van der Waals surface area contributed by atoms with Crippen molar-refractivity contribution in [1.29, 1.82) is 0 Å².